The molecule has 0 unspecified atom stereocenters. The van der Waals surface area contributed by atoms with Gasteiger partial charge in [0, 0.05) is 11.3 Å². The summed E-state index contributed by atoms with van der Waals surface area (Å²) >= 11 is 6.20. The quantitative estimate of drug-likeness (QED) is 0.342. The Morgan fingerprint density at radius 3 is 2.44 bits per heavy atom. The maximum atomic E-state index is 13.0. The Balaban J connectivity index is 1.52. The normalized spacial score (nSPS) is 13.3. The van der Waals surface area contributed by atoms with Crippen LogP contribution in [0.15, 0.2) is 83.5 Å². The van der Waals surface area contributed by atoms with E-state index in [-0.39, 0.29) is 27.7 Å². The van der Waals surface area contributed by atoms with E-state index in [0.717, 1.165) is 4.90 Å². The van der Waals surface area contributed by atoms with Gasteiger partial charge in [0.15, 0.2) is 0 Å². The van der Waals surface area contributed by atoms with Crippen LogP contribution in [0, 0.1) is 0 Å². The number of halogens is 1. The number of ether oxygens (including phenoxy) is 1. The Labute approximate surface area is 200 Å². The Kier molecular flexibility index (Phi) is 6.51. The summed E-state index contributed by atoms with van der Waals surface area (Å²) < 4.78 is 5.39. The lowest BCUT2D eigenvalue weighted by Gasteiger charge is -2.16. The van der Waals surface area contributed by atoms with E-state index in [0.29, 0.717) is 23.7 Å². The summed E-state index contributed by atoms with van der Waals surface area (Å²) in [5.74, 6) is -1.20. The highest BCUT2D eigenvalue weighted by Gasteiger charge is 2.39. The molecule has 3 amide bonds. The number of phenolic OH excluding ortho intramolecular Hbond substituents is 1. The number of hydrogen-bond donors (Lipinski definition) is 3. The summed E-state index contributed by atoms with van der Waals surface area (Å²) in [5.41, 5.74) is 1.17. The average Bonchev–Trinajstić information content (AvgIpc) is 3.04. The number of carbonyl (C=O) groups is 3. The van der Waals surface area contributed by atoms with Gasteiger partial charge in [-0.15, -0.1) is 0 Å². The van der Waals surface area contributed by atoms with Crippen LogP contribution in [0.5, 0.6) is 11.5 Å². The van der Waals surface area contributed by atoms with Gasteiger partial charge in [-0.25, -0.2) is 4.90 Å². The molecule has 3 N–H and O–H groups in total. The van der Waals surface area contributed by atoms with Crippen molar-refractivity contribution >= 4 is 46.4 Å². The Morgan fingerprint density at radius 2 is 1.74 bits per heavy atom. The van der Waals surface area contributed by atoms with Crippen molar-refractivity contribution in [1.29, 1.82) is 0 Å². The number of amides is 3. The van der Waals surface area contributed by atoms with E-state index in [4.69, 9.17) is 16.3 Å². The van der Waals surface area contributed by atoms with Crippen LogP contribution in [0.4, 0.5) is 17.1 Å². The molecular formula is C25H20ClN3O5. The highest BCUT2D eigenvalue weighted by atomic mass is 35.5. The molecule has 8 nitrogen and oxygen atoms in total. The maximum Gasteiger partial charge on any atom is 0.283 e. The van der Waals surface area contributed by atoms with E-state index in [1.54, 1.807) is 60.7 Å². The lowest BCUT2D eigenvalue weighted by atomic mass is 10.1. The first-order valence-electron chi connectivity index (χ1n) is 10.4. The molecule has 0 spiro atoms. The van der Waals surface area contributed by atoms with Gasteiger partial charge < -0.3 is 20.5 Å². The summed E-state index contributed by atoms with van der Waals surface area (Å²) in [6, 6.07) is 19.2. The molecule has 0 radical (unpaired) electrons. The fraction of sp³-hybridized carbons (Fsp3) is 0.0800. The fourth-order valence-electron chi connectivity index (χ4n) is 3.36. The number of anilines is 3. The average molecular weight is 478 g/mol. The number of aromatic hydroxyl groups is 1. The minimum Gasteiger partial charge on any atom is -0.506 e. The predicted octanol–water partition coefficient (Wildman–Crippen LogP) is 4.48. The van der Waals surface area contributed by atoms with Crippen molar-refractivity contribution in [3.63, 3.8) is 0 Å². The summed E-state index contributed by atoms with van der Waals surface area (Å²) in [5, 5.41) is 15.1. The van der Waals surface area contributed by atoms with Crippen LogP contribution in [0.3, 0.4) is 0 Å². The lowest BCUT2D eigenvalue weighted by molar-refractivity contribution is -0.120. The second-order valence-electron chi connectivity index (χ2n) is 7.24. The molecule has 0 aromatic heterocycles. The van der Waals surface area contributed by atoms with Crippen LogP contribution >= 0.6 is 11.6 Å². The third-order valence-corrected chi connectivity index (χ3v) is 5.33. The van der Waals surface area contributed by atoms with Crippen molar-refractivity contribution in [3.8, 4) is 11.5 Å². The largest absolute Gasteiger partial charge is 0.506 e. The summed E-state index contributed by atoms with van der Waals surface area (Å²) in [7, 11) is 0. The van der Waals surface area contributed by atoms with Crippen molar-refractivity contribution in [1.82, 2.24) is 0 Å². The monoisotopic (exact) mass is 477 g/mol. The minimum absolute atomic E-state index is 0.0634. The standard InChI is InChI=1S/C25H20ClN3O5/c1-2-34-18-12-10-17(11-13-18)29-24(32)21(26)22(25(29)33)27-16-7-5-6-15(14-16)23(31)28-19-8-3-4-9-20(19)30/h3-14,27,30H,2H2,1H3,(H,28,31). The van der Waals surface area contributed by atoms with Crippen LogP contribution in [0.2, 0.25) is 0 Å². The van der Waals surface area contributed by atoms with E-state index in [1.807, 2.05) is 6.92 Å². The number of benzene rings is 3. The Bertz CT molecular complexity index is 1300. The molecule has 4 rings (SSSR count). The summed E-state index contributed by atoms with van der Waals surface area (Å²) in [6.07, 6.45) is 0. The molecule has 3 aromatic rings. The van der Waals surface area contributed by atoms with Crippen LogP contribution in [-0.2, 0) is 9.59 Å². The third kappa shape index (κ3) is 4.57. The molecule has 1 aliphatic heterocycles. The molecule has 1 aliphatic rings. The SMILES string of the molecule is CCOc1ccc(N2C(=O)C(Cl)=C(Nc3cccc(C(=O)Nc4ccccc4O)c3)C2=O)cc1. The molecule has 0 bridgehead atoms. The molecule has 1 heterocycles. The number of carbonyl (C=O) groups excluding carboxylic acids is 3. The number of hydrogen-bond acceptors (Lipinski definition) is 6. The van der Waals surface area contributed by atoms with Crippen molar-refractivity contribution in [2.45, 2.75) is 6.92 Å². The Hall–Kier alpha value is -4.30. The van der Waals surface area contributed by atoms with E-state index >= 15 is 0 Å². The van der Waals surface area contributed by atoms with Crippen LogP contribution < -0.4 is 20.3 Å². The van der Waals surface area contributed by atoms with Gasteiger partial charge in [0.1, 0.15) is 22.2 Å². The van der Waals surface area contributed by atoms with Gasteiger partial charge in [-0.05, 0) is 61.5 Å². The zero-order valence-electron chi connectivity index (χ0n) is 18.0. The number of phenols is 1. The predicted molar refractivity (Wildman–Crippen MR) is 129 cm³/mol. The van der Waals surface area contributed by atoms with Gasteiger partial charge in [0.05, 0.1) is 18.0 Å². The summed E-state index contributed by atoms with van der Waals surface area (Å²) in [4.78, 5) is 39.3. The molecule has 0 atom stereocenters. The second kappa shape index (κ2) is 9.68. The topological polar surface area (TPSA) is 108 Å². The number of nitrogens with zero attached hydrogens (tertiary/aromatic N) is 1. The van der Waals surface area contributed by atoms with Crippen molar-refractivity contribution < 1.29 is 24.2 Å². The van der Waals surface area contributed by atoms with Gasteiger partial charge in [0.25, 0.3) is 17.7 Å². The highest BCUT2D eigenvalue weighted by Crippen LogP contribution is 2.31. The molecule has 0 saturated carbocycles. The molecule has 3 aromatic carbocycles. The van der Waals surface area contributed by atoms with Gasteiger partial charge in [-0.1, -0.05) is 29.8 Å². The lowest BCUT2D eigenvalue weighted by Crippen LogP contribution is -2.32. The van der Waals surface area contributed by atoms with Crippen LogP contribution in [-0.4, -0.2) is 29.4 Å². The van der Waals surface area contributed by atoms with Crippen molar-refractivity contribution in [3.05, 3.63) is 89.1 Å². The number of imide groups is 1. The molecule has 34 heavy (non-hydrogen) atoms. The molecule has 172 valence electrons. The molecular weight excluding hydrogens is 458 g/mol. The number of para-hydroxylation sites is 2. The zero-order valence-corrected chi connectivity index (χ0v) is 18.8. The second-order valence-corrected chi connectivity index (χ2v) is 7.62. The molecule has 0 fully saturated rings. The van der Waals surface area contributed by atoms with E-state index in [1.165, 1.54) is 12.1 Å². The maximum absolute atomic E-state index is 13.0. The summed E-state index contributed by atoms with van der Waals surface area (Å²) in [6.45, 7) is 2.35. The van der Waals surface area contributed by atoms with Crippen LogP contribution in [0.1, 0.15) is 17.3 Å². The van der Waals surface area contributed by atoms with Gasteiger partial charge in [-0.2, -0.15) is 0 Å². The first-order valence-corrected chi connectivity index (χ1v) is 10.7. The van der Waals surface area contributed by atoms with E-state index in [9.17, 15) is 19.5 Å². The molecule has 0 aliphatic carbocycles. The minimum atomic E-state index is -0.660. The van der Waals surface area contributed by atoms with Crippen molar-refractivity contribution in [2.24, 2.45) is 0 Å². The van der Waals surface area contributed by atoms with Gasteiger partial charge in [-0.3, -0.25) is 14.4 Å². The van der Waals surface area contributed by atoms with E-state index in [2.05, 4.69) is 10.6 Å². The Morgan fingerprint density at radius 1 is 1.00 bits per heavy atom. The van der Waals surface area contributed by atoms with E-state index < -0.39 is 17.7 Å². The first kappa shape index (κ1) is 22.9. The fourth-order valence-corrected chi connectivity index (χ4v) is 3.57. The van der Waals surface area contributed by atoms with Gasteiger partial charge >= 0.3 is 0 Å². The zero-order chi connectivity index (χ0) is 24.2. The molecule has 9 heteroatoms. The smallest absolute Gasteiger partial charge is 0.283 e. The highest BCUT2D eigenvalue weighted by molar-refractivity contribution is 6.53. The first-order chi connectivity index (χ1) is 16.4. The number of nitrogens with one attached hydrogen (secondary N) is 2. The molecule has 0 saturated heterocycles. The van der Waals surface area contributed by atoms with Crippen LogP contribution in [0.25, 0.3) is 0 Å². The number of rotatable bonds is 7. The third-order valence-electron chi connectivity index (χ3n) is 4.98. The van der Waals surface area contributed by atoms with Crippen molar-refractivity contribution in [2.75, 3.05) is 22.1 Å². The van der Waals surface area contributed by atoms with Gasteiger partial charge in [0.2, 0.25) is 0 Å².